The van der Waals surface area contributed by atoms with Crippen LogP contribution >= 0.6 is 11.8 Å². The molecule has 1 aliphatic heterocycles. The van der Waals surface area contributed by atoms with Crippen LogP contribution in [0, 0.1) is 0 Å². The third-order valence-electron chi connectivity index (χ3n) is 3.49. The first-order chi connectivity index (χ1) is 9.99. The van der Waals surface area contributed by atoms with Crippen molar-refractivity contribution in [2.24, 2.45) is 0 Å². The van der Waals surface area contributed by atoms with Gasteiger partial charge >= 0.3 is 5.97 Å². The molecule has 0 unspecified atom stereocenters. The lowest BCUT2D eigenvalue weighted by Gasteiger charge is -2.08. The van der Waals surface area contributed by atoms with E-state index >= 15 is 0 Å². The topological polar surface area (TPSA) is 46.6 Å². The van der Waals surface area contributed by atoms with Crippen LogP contribution in [0.15, 0.2) is 46.0 Å². The van der Waals surface area contributed by atoms with Crippen LogP contribution in [-0.2, 0) is 14.3 Å². The maximum Gasteiger partial charge on any atom is 0.340 e. The quantitative estimate of drug-likeness (QED) is 0.489. The van der Waals surface area contributed by atoms with E-state index in [1.165, 1.54) is 12.0 Å². The third-order valence-corrected chi connectivity index (χ3v) is 4.23. The second-order valence-corrected chi connectivity index (χ2v) is 5.53. The van der Waals surface area contributed by atoms with Crippen LogP contribution in [0.3, 0.4) is 0 Å². The number of methoxy groups -OCH3 is 1. The Morgan fingerprint density at radius 1 is 1.29 bits per heavy atom. The molecular formula is C16H17NO3S. The minimum absolute atomic E-state index is 0.193. The number of likely N-dealkylation sites (N-methyl/N-ethyl adjacent to an activating group) is 1. The second kappa shape index (κ2) is 6.18. The molecule has 0 spiro atoms. The number of rotatable bonds is 3. The summed E-state index contributed by atoms with van der Waals surface area (Å²) in [4.78, 5) is 26.8. The summed E-state index contributed by atoms with van der Waals surface area (Å²) in [7, 11) is 2.97. The summed E-state index contributed by atoms with van der Waals surface area (Å²) >= 11 is 1.65. The summed E-state index contributed by atoms with van der Waals surface area (Å²) < 4.78 is 4.79. The average molecular weight is 303 g/mol. The highest BCUT2D eigenvalue weighted by atomic mass is 32.2. The number of allylic oxidation sites excluding steroid dienone is 1. The highest BCUT2D eigenvalue weighted by molar-refractivity contribution is 7.98. The molecule has 2 rings (SSSR count). The number of thioether (sulfide) groups is 1. The standard InChI is InChI=1S/C16H17NO3S/c1-10-14(16(19)20-3)13(15(18)17(10)2)9-11-5-7-12(21-4)8-6-11/h5-9H,1-4H3/b13-9-. The van der Waals surface area contributed by atoms with E-state index in [0.717, 1.165) is 10.5 Å². The minimum atomic E-state index is -0.489. The van der Waals surface area contributed by atoms with E-state index in [1.54, 1.807) is 31.8 Å². The molecule has 0 radical (unpaired) electrons. The van der Waals surface area contributed by atoms with Crippen molar-refractivity contribution in [1.29, 1.82) is 0 Å². The summed E-state index contributed by atoms with van der Waals surface area (Å²) in [5.41, 5.74) is 2.19. The van der Waals surface area contributed by atoms with Crippen LogP contribution in [0.4, 0.5) is 0 Å². The van der Waals surface area contributed by atoms with Gasteiger partial charge in [0.05, 0.1) is 18.3 Å². The van der Waals surface area contributed by atoms with Gasteiger partial charge in [-0.25, -0.2) is 4.79 Å². The molecule has 1 aliphatic rings. The maximum absolute atomic E-state index is 12.3. The van der Waals surface area contributed by atoms with Crippen molar-refractivity contribution in [2.75, 3.05) is 20.4 Å². The van der Waals surface area contributed by atoms with Crippen LogP contribution < -0.4 is 0 Å². The second-order valence-electron chi connectivity index (χ2n) is 4.65. The largest absolute Gasteiger partial charge is 0.465 e. The van der Waals surface area contributed by atoms with Gasteiger partial charge in [0.25, 0.3) is 5.91 Å². The summed E-state index contributed by atoms with van der Waals surface area (Å²) in [5.74, 6) is -0.681. The van der Waals surface area contributed by atoms with Gasteiger partial charge < -0.3 is 9.64 Å². The Kier molecular flexibility index (Phi) is 4.53. The number of ether oxygens (including phenoxy) is 1. The van der Waals surface area contributed by atoms with Crippen molar-refractivity contribution in [2.45, 2.75) is 11.8 Å². The molecule has 1 aromatic carbocycles. The van der Waals surface area contributed by atoms with Crippen LogP contribution in [-0.4, -0.2) is 37.2 Å². The molecule has 0 bridgehead atoms. The van der Waals surface area contributed by atoms with Crippen molar-refractivity contribution in [3.63, 3.8) is 0 Å². The predicted molar refractivity (Wildman–Crippen MR) is 83.7 cm³/mol. The van der Waals surface area contributed by atoms with Crippen molar-refractivity contribution < 1.29 is 14.3 Å². The Balaban J connectivity index is 2.46. The van der Waals surface area contributed by atoms with Gasteiger partial charge in [-0.05, 0) is 37.0 Å². The van der Waals surface area contributed by atoms with Gasteiger partial charge in [-0.15, -0.1) is 11.8 Å². The summed E-state index contributed by atoms with van der Waals surface area (Å²) in [5, 5.41) is 0. The van der Waals surface area contributed by atoms with Crippen molar-refractivity contribution >= 4 is 29.7 Å². The lowest BCUT2D eigenvalue weighted by molar-refractivity contribution is -0.136. The zero-order valence-electron chi connectivity index (χ0n) is 12.5. The fourth-order valence-electron chi connectivity index (χ4n) is 2.16. The molecule has 0 saturated carbocycles. The fraction of sp³-hybridized carbons (Fsp3) is 0.250. The van der Waals surface area contributed by atoms with Crippen LogP contribution in [0.25, 0.3) is 6.08 Å². The first-order valence-electron chi connectivity index (χ1n) is 6.43. The first kappa shape index (κ1) is 15.4. The van der Waals surface area contributed by atoms with E-state index in [2.05, 4.69) is 0 Å². The van der Waals surface area contributed by atoms with Crippen molar-refractivity contribution in [3.8, 4) is 0 Å². The normalized spacial score (nSPS) is 16.9. The van der Waals surface area contributed by atoms with Gasteiger partial charge in [0, 0.05) is 17.6 Å². The SMILES string of the molecule is COC(=O)C1=C(C)N(C)C(=O)/C1=C\c1ccc(SC)cc1. The van der Waals surface area contributed by atoms with Gasteiger partial charge in [0.2, 0.25) is 0 Å². The molecule has 21 heavy (non-hydrogen) atoms. The van der Waals surface area contributed by atoms with Crippen molar-refractivity contribution in [1.82, 2.24) is 4.90 Å². The summed E-state index contributed by atoms with van der Waals surface area (Å²) in [6.07, 6.45) is 3.73. The van der Waals surface area contributed by atoms with Gasteiger partial charge in [-0.3, -0.25) is 4.79 Å². The Hall–Kier alpha value is -2.01. The number of amides is 1. The summed E-state index contributed by atoms with van der Waals surface area (Å²) in [6, 6.07) is 7.81. The van der Waals surface area contributed by atoms with E-state index < -0.39 is 5.97 Å². The molecule has 0 aromatic heterocycles. The Bertz CT molecular complexity index is 644. The lowest BCUT2D eigenvalue weighted by atomic mass is 10.0. The van der Waals surface area contributed by atoms with Crippen LogP contribution in [0.2, 0.25) is 0 Å². The average Bonchev–Trinajstić information content (AvgIpc) is 2.72. The van der Waals surface area contributed by atoms with Gasteiger partial charge in [-0.1, -0.05) is 12.1 Å². The van der Waals surface area contributed by atoms with E-state index in [9.17, 15) is 9.59 Å². The zero-order valence-corrected chi connectivity index (χ0v) is 13.3. The first-order valence-corrected chi connectivity index (χ1v) is 7.65. The molecular weight excluding hydrogens is 286 g/mol. The zero-order chi connectivity index (χ0) is 15.6. The van der Waals surface area contributed by atoms with Gasteiger partial charge in [0.15, 0.2) is 0 Å². The molecule has 0 aliphatic carbocycles. The van der Waals surface area contributed by atoms with Crippen LogP contribution in [0.1, 0.15) is 12.5 Å². The Morgan fingerprint density at radius 3 is 2.43 bits per heavy atom. The molecule has 1 amide bonds. The molecule has 1 heterocycles. The number of carbonyl (C=O) groups is 2. The molecule has 0 saturated heterocycles. The molecule has 1 aromatic rings. The predicted octanol–water partition coefficient (Wildman–Crippen LogP) is 2.71. The van der Waals surface area contributed by atoms with Gasteiger partial charge in [-0.2, -0.15) is 0 Å². The van der Waals surface area contributed by atoms with E-state index in [4.69, 9.17) is 4.74 Å². The molecule has 0 atom stereocenters. The number of nitrogens with zero attached hydrogens (tertiary/aromatic N) is 1. The number of hydrogen-bond donors (Lipinski definition) is 0. The van der Waals surface area contributed by atoms with Crippen LogP contribution in [0.5, 0.6) is 0 Å². The Labute approximate surface area is 128 Å². The number of benzene rings is 1. The third kappa shape index (κ3) is 2.88. The Morgan fingerprint density at radius 2 is 1.90 bits per heavy atom. The molecule has 0 fully saturated rings. The maximum atomic E-state index is 12.3. The number of hydrogen-bond acceptors (Lipinski definition) is 4. The smallest absolute Gasteiger partial charge is 0.340 e. The highest BCUT2D eigenvalue weighted by Gasteiger charge is 2.34. The van der Waals surface area contributed by atoms with E-state index in [1.807, 2.05) is 30.5 Å². The molecule has 5 heteroatoms. The van der Waals surface area contributed by atoms with E-state index in [0.29, 0.717) is 16.8 Å². The van der Waals surface area contributed by atoms with E-state index in [-0.39, 0.29) is 5.91 Å². The monoisotopic (exact) mass is 303 g/mol. The molecule has 0 N–H and O–H groups in total. The van der Waals surface area contributed by atoms with Gasteiger partial charge in [0.1, 0.15) is 0 Å². The number of esters is 1. The minimum Gasteiger partial charge on any atom is -0.465 e. The fourth-order valence-corrected chi connectivity index (χ4v) is 2.57. The summed E-state index contributed by atoms with van der Waals surface area (Å²) in [6.45, 7) is 1.74. The van der Waals surface area contributed by atoms with Crippen molar-refractivity contribution in [3.05, 3.63) is 46.7 Å². The molecule has 110 valence electrons. The highest BCUT2D eigenvalue weighted by Crippen LogP contribution is 2.30. The number of carbonyl (C=O) groups excluding carboxylic acids is 2. The molecule has 4 nitrogen and oxygen atoms in total. The lowest BCUT2D eigenvalue weighted by Crippen LogP contribution is -2.19.